The highest BCUT2D eigenvalue weighted by Gasteiger charge is 2.33. The van der Waals surface area contributed by atoms with E-state index < -0.39 is 0 Å². The van der Waals surface area contributed by atoms with Crippen LogP contribution in [0.2, 0.25) is 0 Å². The van der Waals surface area contributed by atoms with Gasteiger partial charge in [0.2, 0.25) is 0 Å². The van der Waals surface area contributed by atoms with E-state index in [-0.39, 0.29) is 0 Å². The van der Waals surface area contributed by atoms with E-state index in [0.717, 1.165) is 12.0 Å². The van der Waals surface area contributed by atoms with Gasteiger partial charge in [-0.1, -0.05) is 0 Å². The average molecular weight is 244 g/mol. The molecule has 2 unspecified atom stereocenters. The molecular weight excluding hydrogens is 224 g/mol. The minimum Gasteiger partial charge on any atom is -0.311 e. The van der Waals surface area contributed by atoms with Gasteiger partial charge in [0.1, 0.15) is 5.78 Å². The van der Waals surface area contributed by atoms with Crippen molar-refractivity contribution in [3.63, 3.8) is 0 Å². The number of nitrogens with zero attached hydrogens (tertiary/aromatic N) is 1. The Morgan fingerprint density at radius 3 is 2.56 bits per heavy atom. The third kappa shape index (κ3) is 2.78. The number of carbonyl (C=O) groups excluding carboxylic acids is 1. The molecule has 0 spiro atoms. The number of Topliss-reactive ketones (excluding diaryl/α,β-unsaturated/α-hetero) is 1. The van der Waals surface area contributed by atoms with Crippen LogP contribution >= 0.6 is 0 Å². The Hall–Kier alpha value is -1.22. The zero-order valence-electron chi connectivity index (χ0n) is 10.6. The average Bonchev–Trinajstić information content (AvgIpc) is 2.70. The summed E-state index contributed by atoms with van der Waals surface area (Å²) in [6, 6.07) is 5.23. The van der Waals surface area contributed by atoms with Crippen molar-refractivity contribution >= 4 is 5.78 Å². The minimum absolute atomic E-state index is 0.382. The molecule has 0 amide bonds. The van der Waals surface area contributed by atoms with Gasteiger partial charge in [0.15, 0.2) is 0 Å². The van der Waals surface area contributed by atoms with Gasteiger partial charge >= 0.3 is 0 Å². The number of rotatable bonds is 4. The summed E-state index contributed by atoms with van der Waals surface area (Å²) in [4.78, 5) is 16.1. The number of nitrogens with one attached hydrogen (secondary N) is 1. The van der Waals surface area contributed by atoms with E-state index in [4.69, 9.17) is 0 Å². The van der Waals surface area contributed by atoms with Gasteiger partial charge in [-0.05, 0) is 49.3 Å². The molecule has 3 nitrogen and oxygen atoms in total. The van der Waals surface area contributed by atoms with E-state index in [2.05, 4.69) is 10.3 Å². The zero-order chi connectivity index (χ0) is 12.4. The number of pyridine rings is 1. The van der Waals surface area contributed by atoms with Crippen LogP contribution in [0.15, 0.2) is 24.5 Å². The Morgan fingerprint density at radius 1 is 1.22 bits per heavy atom. The van der Waals surface area contributed by atoms with Gasteiger partial charge in [0.05, 0.1) is 0 Å². The third-order valence-electron chi connectivity index (χ3n) is 4.24. The summed E-state index contributed by atoms with van der Waals surface area (Å²) in [5.74, 6) is 0.991. The number of piperidine rings is 1. The second kappa shape index (κ2) is 5.19. The van der Waals surface area contributed by atoms with Crippen molar-refractivity contribution in [3.05, 3.63) is 30.1 Å². The highest BCUT2D eigenvalue weighted by molar-refractivity contribution is 5.81. The fraction of sp³-hybridized carbons (Fsp3) is 0.600. The van der Waals surface area contributed by atoms with Gasteiger partial charge < -0.3 is 5.32 Å². The van der Waals surface area contributed by atoms with Gasteiger partial charge in [0, 0.05) is 37.3 Å². The second-order valence-corrected chi connectivity index (χ2v) is 5.75. The lowest BCUT2D eigenvalue weighted by molar-refractivity contribution is -0.119. The number of carbonyl (C=O) groups is 1. The largest absolute Gasteiger partial charge is 0.311 e. The molecule has 96 valence electrons. The van der Waals surface area contributed by atoms with Crippen LogP contribution in [0.4, 0.5) is 0 Å². The van der Waals surface area contributed by atoms with Crippen molar-refractivity contribution in [2.75, 3.05) is 0 Å². The van der Waals surface area contributed by atoms with Crippen LogP contribution < -0.4 is 5.32 Å². The first-order valence-electron chi connectivity index (χ1n) is 6.96. The molecule has 1 N–H and O–H groups in total. The summed E-state index contributed by atoms with van der Waals surface area (Å²) in [5, 5.41) is 3.62. The van der Waals surface area contributed by atoms with Crippen LogP contribution in [0.25, 0.3) is 0 Å². The van der Waals surface area contributed by atoms with Crippen molar-refractivity contribution in [2.45, 2.75) is 50.6 Å². The smallest absolute Gasteiger partial charge is 0.137 e. The molecule has 1 aromatic heterocycles. The molecule has 2 saturated heterocycles. The number of fused-ring (bicyclic) bond motifs is 2. The molecule has 0 aromatic carbocycles. The van der Waals surface area contributed by atoms with Crippen molar-refractivity contribution in [1.29, 1.82) is 0 Å². The standard InChI is InChI=1S/C15H20N2O/c18-15(9-11-3-5-16-6-4-11)10-12-7-13-1-2-14(8-12)17-13/h3-6,12-14,17H,1-2,7-10H2. The van der Waals surface area contributed by atoms with Gasteiger partial charge in [-0.25, -0.2) is 0 Å². The predicted octanol–water partition coefficient (Wildman–Crippen LogP) is 2.11. The molecule has 3 rings (SSSR count). The van der Waals surface area contributed by atoms with E-state index in [1.54, 1.807) is 12.4 Å². The van der Waals surface area contributed by atoms with E-state index in [0.29, 0.717) is 30.2 Å². The molecule has 0 aliphatic carbocycles. The lowest BCUT2D eigenvalue weighted by Crippen LogP contribution is -2.38. The molecule has 2 fully saturated rings. The highest BCUT2D eigenvalue weighted by atomic mass is 16.1. The van der Waals surface area contributed by atoms with E-state index >= 15 is 0 Å². The molecule has 3 heteroatoms. The maximum absolute atomic E-state index is 12.1. The van der Waals surface area contributed by atoms with Gasteiger partial charge in [-0.2, -0.15) is 0 Å². The molecular formula is C15H20N2O. The fourth-order valence-corrected chi connectivity index (χ4v) is 3.46. The first-order chi connectivity index (χ1) is 8.79. The number of hydrogen-bond donors (Lipinski definition) is 1. The first kappa shape index (κ1) is 11.8. The van der Waals surface area contributed by atoms with Crippen LogP contribution in [-0.2, 0) is 11.2 Å². The number of aromatic nitrogens is 1. The van der Waals surface area contributed by atoms with Crippen LogP contribution in [0.3, 0.4) is 0 Å². The number of ketones is 1. The van der Waals surface area contributed by atoms with Crippen LogP contribution in [-0.4, -0.2) is 22.9 Å². The van der Waals surface area contributed by atoms with E-state index in [1.165, 1.54) is 25.7 Å². The Labute approximate surface area is 108 Å². The Kier molecular flexibility index (Phi) is 3.41. The normalized spacial score (nSPS) is 30.3. The van der Waals surface area contributed by atoms with Gasteiger partial charge in [-0.15, -0.1) is 0 Å². The summed E-state index contributed by atoms with van der Waals surface area (Å²) in [7, 11) is 0. The molecule has 2 aliphatic rings. The maximum atomic E-state index is 12.1. The predicted molar refractivity (Wildman–Crippen MR) is 70.2 cm³/mol. The van der Waals surface area contributed by atoms with Gasteiger partial charge in [-0.3, -0.25) is 9.78 Å². The molecule has 18 heavy (non-hydrogen) atoms. The molecule has 0 saturated carbocycles. The molecule has 2 atom stereocenters. The van der Waals surface area contributed by atoms with Crippen LogP contribution in [0, 0.1) is 5.92 Å². The summed E-state index contributed by atoms with van der Waals surface area (Å²) >= 11 is 0. The summed E-state index contributed by atoms with van der Waals surface area (Å²) in [6.07, 6.45) is 9.84. The minimum atomic E-state index is 0.382. The van der Waals surface area contributed by atoms with Crippen molar-refractivity contribution in [3.8, 4) is 0 Å². The monoisotopic (exact) mass is 244 g/mol. The number of hydrogen-bond acceptors (Lipinski definition) is 3. The van der Waals surface area contributed by atoms with E-state index in [9.17, 15) is 4.79 Å². The lowest BCUT2D eigenvalue weighted by Gasteiger charge is -2.28. The molecule has 2 aliphatic heterocycles. The summed E-state index contributed by atoms with van der Waals surface area (Å²) < 4.78 is 0. The van der Waals surface area contributed by atoms with E-state index in [1.807, 2.05) is 12.1 Å². The summed E-state index contributed by atoms with van der Waals surface area (Å²) in [6.45, 7) is 0. The first-order valence-corrected chi connectivity index (χ1v) is 6.96. The van der Waals surface area contributed by atoms with Crippen LogP contribution in [0.1, 0.15) is 37.7 Å². The molecule has 2 bridgehead atoms. The topological polar surface area (TPSA) is 42.0 Å². The van der Waals surface area contributed by atoms with Crippen molar-refractivity contribution in [2.24, 2.45) is 5.92 Å². The lowest BCUT2D eigenvalue weighted by atomic mass is 9.87. The Morgan fingerprint density at radius 2 is 1.89 bits per heavy atom. The molecule has 0 radical (unpaired) electrons. The maximum Gasteiger partial charge on any atom is 0.137 e. The Bertz CT molecular complexity index is 406. The molecule has 3 heterocycles. The SMILES string of the molecule is O=C(Cc1ccncc1)CC1CC2CCC(C1)N2. The second-order valence-electron chi connectivity index (χ2n) is 5.75. The fourth-order valence-electron chi connectivity index (χ4n) is 3.46. The van der Waals surface area contributed by atoms with Gasteiger partial charge in [0.25, 0.3) is 0 Å². The van der Waals surface area contributed by atoms with Crippen LogP contribution in [0.5, 0.6) is 0 Å². The molecule has 1 aromatic rings. The zero-order valence-corrected chi connectivity index (χ0v) is 10.6. The quantitative estimate of drug-likeness (QED) is 0.882. The Balaban J connectivity index is 1.52. The highest BCUT2D eigenvalue weighted by Crippen LogP contribution is 2.32. The van der Waals surface area contributed by atoms with Crippen molar-refractivity contribution < 1.29 is 4.79 Å². The summed E-state index contributed by atoms with van der Waals surface area (Å²) in [5.41, 5.74) is 1.09. The third-order valence-corrected chi connectivity index (χ3v) is 4.24. The van der Waals surface area contributed by atoms with Crippen molar-refractivity contribution in [1.82, 2.24) is 10.3 Å².